The second-order valence-corrected chi connectivity index (χ2v) is 13.8. The molecule has 1 aliphatic heterocycles. The Bertz CT molecular complexity index is 2210. The second-order valence-electron chi connectivity index (χ2n) is 13.5. The van der Waals surface area contributed by atoms with Gasteiger partial charge in [0.25, 0.3) is 0 Å². The zero-order chi connectivity index (χ0) is 37.7. The largest absolute Gasteiger partial charge is 0.374 e. The minimum absolute atomic E-state index is 0.0374. The lowest BCUT2D eigenvalue weighted by molar-refractivity contribution is -0.164. The number of nitrogens with one attached hydrogen (secondary N) is 1. The molecule has 0 spiro atoms. The summed E-state index contributed by atoms with van der Waals surface area (Å²) in [4.78, 5) is 14.0. The minimum atomic E-state index is -1.85. The van der Waals surface area contributed by atoms with Crippen LogP contribution in [0.1, 0.15) is 34.0 Å². The number of anilines is 1. The molecule has 0 bridgehead atoms. The summed E-state index contributed by atoms with van der Waals surface area (Å²) < 4.78 is 52.4. The molecule has 278 valence electrons. The van der Waals surface area contributed by atoms with Gasteiger partial charge in [0.05, 0.1) is 26.1 Å². The molecule has 5 aromatic carbocycles. The summed E-state index contributed by atoms with van der Waals surface area (Å²) in [7, 11) is 0. The SMILES string of the molecule is FC[C@]1(COCc2ccccc2)O[C@@H](n2cnc3c(Cl)nc(NC(c4ccccc4)(c4ccccc4)c4ccccc4)nc32)[C@@H](F)[C@@H]1OCc1ccccc1. The number of rotatable bonds is 14. The Morgan fingerprint density at radius 1 is 0.727 bits per heavy atom. The summed E-state index contributed by atoms with van der Waals surface area (Å²) in [5, 5.41) is 3.67. The van der Waals surface area contributed by atoms with E-state index in [9.17, 15) is 0 Å². The van der Waals surface area contributed by atoms with E-state index in [1.54, 1.807) is 0 Å². The molecule has 0 aliphatic carbocycles. The molecule has 0 amide bonds. The quantitative estimate of drug-likeness (QED) is 0.0875. The number of halogens is 3. The van der Waals surface area contributed by atoms with Crippen LogP contribution in [-0.2, 0) is 33.0 Å². The lowest BCUT2D eigenvalue weighted by Crippen LogP contribution is -2.49. The van der Waals surface area contributed by atoms with E-state index in [1.165, 1.54) is 10.9 Å². The maximum absolute atomic E-state index is 17.0. The van der Waals surface area contributed by atoms with Crippen molar-refractivity contribution in [2.45, 2.75) is 42.9 Å². The number of alkyl halides is 2. The van der Waals surface area contributed by atoms with Crippen molar-refractivity contribution >= 4 is 28.7 Å². The van der Waals surface area contributed by atoms with Crippen LogP contribution in [0.4, 0.5) is 14.7 Å². The van der Waals surface area contributed by atoms with Crippen molar-refractivity contribution in [3.05, 3.63) is 191 Å². The average molecular weight is 758 g/mol. The third kappa shape index (κ3) is 7.22. The van der Waals surface area contributed by atoms with Crippen LogP contribution in [0.3, 0.4) is 0 Å². The highest BCUT2D eigenvalue weighted by Gasteiger charge is 2.58. The van der Waals surface area contributed by atoms with Crippen LogP contribution in [0, 0.1) is 0 Å². The van der Waals surface area contributed by atoms with Gasteiger partial charge in [-0.25, -0.2) is 13.8 Å². The molecular weight excluding hydrogens is 720 g/mol. The Balaban J connectivity index is 1.18. The molecule has 8 nitrogen and oxygen atoms in total. The fourth-order valence-electron chi connectivity index (χ4n) is 7.28. The summed E-state index contributed by atoms with van der Waals surface area (Å²) in [6.07, 6.45) is -3.19. The fourth-order valence-corrected chi connectivity index (χ4v) is 7.49. The molecule has 8 rings (SSSR count). The highest BCUT2D eigenvalue weighted by atomic mass is 35.5. The van der Waals surface area contributed by atoms with E-state index in [4.69, 9.17) is 30.8 Å². The molecule has 0 unspecified atom stereocenters. The number of nitrogens with zero attached hydrogens (tertiary/aromatic N) is 4. The first-order valence-corrected chi connectivity index (χ1v) is 18.4. The lowest BCUT2D eigenvalue weighted by atomic mass is 9.77. The van der Waals surface area contributed by atoms with Crippen molar-refractivity contribution < 1.29 is 23.0 Å². The van der Waals surface area contributed by atoms with E-state index >= 15 is 8.78 Å². The number of imidazole rings is 1. The third-order valence-corrected chi connectivity index (χ3v) is 10.2. The highest BCUT2D eigenvalue weighted by Crippen LogP contribution is 2.44. The first kappa shape index (κ1) is 36.5. The molecule has 55 heavy (non-hydrogen) atoms. The van der Waals surface area contributed by atoms with Crippen LogP contribution in [0.25, 0.3) is 11.2 Å². The van der Waals surface area contributed by atoms with E-state index in [1.807, 2.05) is 152 Å². The molecule has 1 N–H and O–H groups in total. The van der Waals surface area contributed by atoms with E-state index in [2.05, 4.69) is 15.3 Å². The Morgan fingerprint density at radius 3 is 1.76 bits per heavy atom. The first-order chi connectivity index (χ1) is 27.0. The summed E-state index contributed by atoms with van der Waals surface area (Å²) in [5.74, 6) is 0.157. The standard InChI is InChI=1S/C44H38ClF2N5O3/c45-39-37-40(50-42(49-39)51-44(33-20-10-3-11-21-33,34-22-12-4-13-23-34)35-24-14-5-15-25-35)52(30-48-37)41-36(47)38(54-27-32-18-8-2-9-19-32)43(28-46,55-41)29-53-26-31-16-6-1-7-17-31/h1-25,30,36,38,41H,26-29H2,(H,49,50,51)/t36-,38-,41+,43+/m0/s1. The van der Waals surface area contributed by atoms with Gasteiger partial charge in [-0.2, -0.15) is 9.97 Å². The van der Waals surface area contributed by atoms with Gasteiger partial charge in [0.1, 0.15) is 23.8 Å². The number of ether oxygens (including phenoxy) is 3. The fraction of sp³-hybridized carbons (Fsp3) is 0.205. The maximum Gasteiger partial charge on any atom is 0.227 e. The molecule has 0 saturated carbocycles. The number of hydrogen-bond donors (Lipinski definition) is 1. The number of benzene rings is 5. The zero-order valence-corrected chi connectivity index (χ0v) is 30.5. The molecule has 7 aromatic rings. The summed E-state index contributed by atoms with van der Waals surface area (Å²) in [5.41, 5.74) is 2.11. The topological polar surface area (TPSA) is 83.3 Å². The predicted molar refractivity (Wildman–Crippen MR) is 208 cm³/mol. The van der Waals surface area contributed by atoms with Crippen LogP contribution in [-0.4, -0.2) is 50.7 Å². The van der Waals surface area contributed by atoms with Gasteiger partial charge in [0, 0.05) is 0 Å². The predicted octanol–water partition coefficient (Wildman–Crippen LogP) is 9.26. The van der Waals surface area contributed by atoms with Gasteiger partial charge in [-0.15, -0.1) is 0 Å². The van der Waals surface area contributed by atoms with E-state index in [0.29, 0.717) is 0 Å². The van der Waals surface area contributed by atoms with Crippen molar-refractivity contribution in [2.24, 2.45) is 0 Å². The molecule has 2 aromatic heterocycles. The molecule has 1 saturated heterocycles. The second kappa shape index (κ2) is 16.1. The smallest absolute Gasteiger partial charge is 0.227 e. The van der Waals surface area contributed by atoms with Gasteiger partial charge in [-0.1, -0.05) is 163 Å². The highest BCUT2D eigenvalue weighted by molar-refractivity contribution is 6.33. The van der Waals surface area contributed by atoms with Gasteiger partial charge in [0.2, 0.25) is 5.95 Å². The number of hydrogen-bond acceptors (Lipinski definition) is 7. The Morgan fingerprint density at radius 2 is 1.24 bits per heavy atom. The summed E-state index contributed by atoms with van der Waals surface area (Å²) >= 11 is 6.84. The van der Waals surface area contributed by atoms with Gasteiger partial charge in [0.15, 0.2) is 28.8 Å². The first-order valence-electron chi connectivity index (χ1n) is 18.0. The summed E-state index contributed by atoms with van der Waals surface area (Å²) in [6, 6.07) is 48.7. The van der Waals surface area contributed by atoms with Crippen LogP contribution in [0.5, 0.6) is 0 Å². The molecule has 1 aliphatic rings. The Kier molecular flexibility index (Phi) is 10.6. The number of aromatic nitrogens is 4. The van der Waals surface area contributed by atoms with Crippen molar-refractivity contribution in [2.75, 3.05) is 18.6 Å². The molecule has 11 heteroatoms. The van der Waals surface area contributed by atoms with Crippen molar-refractivity contribution in [3.8, 4) is 0 Å². The molecular formula is C44H38ClF2N5O3. The van der Waals surface area contributed by atoms with Crippen molar-refractivity contribution in [3.63, 3.8) is 0 Å². The third-order valence-electron chi connectivity index (χ3n) is 9.96. The summed E-state index contributed by atoms with van der Waals surface area (Å²) in [6.45, 7) is -1.12. The van der Waals surface area contributed by atoms with Crippen molar-refractivity contribution in [1.29, 1.82) is 0 Å². The van der Waals surface area contributed by atoms with Crippen LogP contribution < -0.4 is 5.32 Å². The van der Waals surface area contributed by atoms with Gasteiger partial charge >= 0.3 is 0 Å². The van der Waals surface area contributed by atoms with Gasteiger partial charge in [-0.3, -0.25) is 4.57 Å². The van der Waals surface area contributed by atoms with Crippen LogP contribution in [0.15, 0.2) is 158 Å². The van der Waals surface area contributed by atoms with E-state index < -0.39 is 36.3 Å². The monoisotopic (exact) mass is 757 g/mol. The molecule has 0 radical (unpaired) electrons. The van der Waals surface area contributed by atoms with Gasteiger partial charge in [-0.05, 0) is 27.8 Å². The van der Waals surface area contributed by atoms with Crippen LogP contribution in [0.2, 0.25) is 5.15 Å². The average Bonchev–Trinajstić information content (AvgIpc) is 3.79. The maximum atomic E-state index is 17.0. The zero-order valence-electron chi connectivity index (χ0n) is 29.7. The number of fused-ring (bicyclic) bond motifs is 1. The van der Waals surface area contributed by atoms with E-state index in [0.717, 1.165) is 27.8 Å². The van der Waals surface area contributed by atoms with Crippen LogP contribution >= 0.6 is 11.6 Å². The molecule has 1 fully saturated rings. The Hall–Kier alpha value is -5.52. The lowest BCUT2D eigenvalue weighted by Gasteiger charge is -2.37. The molecule has 3 heterocycles. The minimum Gasteiger partial charge on any atom is -0.374 e. The molecule has 4 atom stereocenters. The van der Waals surface area contributed by atoms with Gasteiger partial charge < -0.3 is 19.5 Å². The van der Waals surface area contributed by atoms with E-state index in [-0.39, 0.29) is 42.1 Å². The van der Waals surface area contributed by atoms with Crippen molar-refractivity contribution in [1.82, 2.24) is 19.5 Å². The Labute approximate surface area is 322 Å². The normalized spacial score (nSPS) is 19.8.